The zero-order valence-corrected chi connectivity index (χ0v) is 22.1. The van der Waals surface area contributed by atoms with Crippen LogP contribution in [0.25, 0.3) is 22.3 Å². The Morgan fingerprint density at radius 1 is 0.850 bits per heavy atom. The molecule has 1 heterocycles. The summed E-state index contributed by atoms with van der Waals surface area (Å²) in [6.07, 6.45) is -0.735. The summed E-state index contributed by atoms with van der Waals surface area (Å²) in [5.41, 5.74) is 5.35. The molecule has 5 aromatic rings. The van der Waals surface area contributed by atoms with Crippen molar-refractivity contribution < 1.29 is 14.3 Å². The van der Waals surface area contributed by atoms with E-state index in [-0.39, 0.29) is 5.11 Å². The normalized spacial score (nSPS) is 10.5. The van der Waals surface area contributed by atoms with Gasteiger partial charge in [-0.3, -0.25) is 20.3 Å². The van der Waals surface area contributed by atoms with E-state index < -0.39 is 17.6 Å². The molecule has 0 aliphatic heterocycles. The summed E-state index contributed by atoms with van der Waals surface area (Å²) in [6, 6.07) is 29.5. The van der Waals surface area contributed by atoms with Crippen LogP contribution in [0.3, 0.4) is 0 Å². The van der Waals surface area contributed by atoms with Gasteiger partial charge in [0.1, 0.15) is 5.75 Å². The number of anilines is 1. The maximum Gasteiger partial charge on any atom is 0.418 e. The molecule has 198 valence electrons. The summed E-state index contributed by atoms with van der Waals surface area (Å²) in [5, 5.41) is 5.71. The zero-order valence-electron chi connectivity index (χ0n) is 21.3. The van der Waals surface area contributed by atoms with Gasteiger partial charge in [0.15, 0.2) is 10.9 Å². The van der Waals surface area contributed by atoms with E-state index >= 15 is 0 Å². The van der Waals surface area contributed by atoms with Gasteiger partial charge >= 0.3 is 6.09 Å². The summed E-state index contributed by atoms with van der Waals surface area (Å²) in [4.78, 5) is 43.2. The van der Waals surface area contributed by atoms with Gasteiger partial charge in [-0.15, -0.1) is 0 Å². The number of rotatable bonds is 5. The van der Waals surface area contributed by atoms with E-state index in [2.05, 4.69) is 21.0 Å². The monoisotopic (exact) mass is 549 g/mol. The standard InChI is InChI=1S/C30H23N5O4S/c1-19-11-17-23(18-12-19)39-30(38)33-29(40)31-22-15-13-21(14-16-22)27(36)34-35-26(20-7-3-2-4-8-20)32-25-10-6-5-9-24(25)28(35)37/h2-18H,1H3,(H,34,36)(H2,31,33,38,40). The van der Waals surface area contributed by atoms with Crippen LogP contribution in [0.1, 0.15) is 15.9 Å². The Labute approximate surface area is 234 Å². The average Bonchev–Trinajstić information content (AvgIpc) is 2.96. The number of benzene rings is 4. The van der Waals surface area contributed by atoms with Crippen LogP contribution >= 0.6 is 12.2 Å². The number of fused-ring (bicyclic) bond motifs is 1. The number of aromatic nitrogens is 2. The lowest BCUT2D eigenvalue weighted by Gasteiger charge is -2.15. The summed E-state index contributed by atoms with van der Waals surface area (Å²) in [5.74, 6) is 0.188. The van der Waals surface area contributed by atoms with Crippen molar-refractivity contribution in [3.05, 3.63) is 125 Å². The number of nitrogens with one attached hydrogen (secondary N) is 3. The molecule has 1 aromatic heterocycles. The summed E-state index contributed by atoms with van der Waals surface area (Å²) >= 11 is 5.19. The average molecular weight is 550 g/mol. The predicted molar refractivity (Wildman–Crippen MR) is 158 cm³/mol. The third-order valence-corrected chi connectivity index (χ3v) is 6.08. The molecule has 5 rings (SSSR count). The van der Waals surface area contributed by atoms with Crippen LogP contribution in [-0.2, 0) is 0 Å². The fourth-order valence-corrected chi connectivity index (χ4v) is 4.08. The minimum absolute atomic E-state index is 0.0237. The van der Waals surface area contributed by atoms with Gasteiger partial charge in [-0.25, -0.2) is 9.78 Å². The van der Waals surface area contributed by atoms with Crippen molar-refractivity contribution in [3.8, 4) is 17.1 Å². The first-order valence-electron chi connectivity index (χ1n) is 12.2. The number of thiocarbonyl (C=S) groups is 1. The van der Waals surface area contributed by atoms with Crippen LogP contribution in [0.15, 0.2) is 108 Å². The minimum Gasteiger partial charge on any atom is -0.410 e. The summed E-state index contributed by atoms with van der Waals surface area (Å²) in [7, 11) is 0. The molecule has 3 N–H and O–H groups in total. The quantitative estimate of drug-likeness (QED) is 0.257. The Morgan fingerprint density at radius 2 is 1.52 bits per heavy atom. The molecule has 40 heavy (non-hydrogen) atoms. The third-order valence-electron chi connectivity index (χ3n) is 5.87. The molecule has 0 fully saturated rings. The van der Waals surface area contributed by atoms with Gasteiger partial charge in [0.05, 0.1) is 10.9 Å². The molecule has 0 aliphatic rings. The second-order valence-electron chi connectivity index (χ2n) is 8.76. The second-order valence-corrected chi connectivity index (χ2v) is 9.17. The molecule has 0 saturated carbocycles. The highest BCUT2D eigenvalue weighted by Crippen LogP contribution is 2.18. The first-order chi connectivity index (χ1) is 19.4. The molecular weight excluding hydrogens is 526 g/mol. The van der Waals surface area contributed by atoms with Crippen LogP contribution in [0.2, 0.25) is 0 Å². The highest BCUT2D eigenvalue weighted by atomic mass is 32.1. The number of nitrogens with zero attached hydrogens (tertiary/aromatic N) is 2. The van der Waals surface area contributed by atoms with E-state index in [1.165, 1.54) is 0 Å². The van der Waals surface area contributed by atoms with E-state index in [1.54, 1.807) is 60.7 Å². The maximum atomic E-state index is 13.3. The molecule has 0 spiro atoms. The highest BCUT2D eigenvalue weighted by molar-refractivity contribution is 7.80. The molecule has 0 bridgehead atoms. The maximum absolute atomic E-state index is 13.3. The van der Waals surface area contributed by atoms with Crippen molar-refractivity contribution in [2.75, 3.05) is 10.7 Å². The van der Waals surface area contributed by atoms with Gasteiger partial charge in [-0.1, -0.05) is 60.2 Å². The van der Waals surface area contributed by atoms with Crippen molar-refractivity contribution in [2.45, 2.75) is 6.92 Å². The summed E-state index contributed by atoms with van der Waals surface area (Å²) < 4.78 is 6.36. The minimum atomic E-state index is -0.735. The van der Waals surface area contributed by atoms with Crippen LogP contribution in [0.5, 0.6) is 5.75 Å². The highest BCUT2D eigenvalue weighted by Gasteiger charge is 2.16. The van der Waals surface area contributed by atoms with Crippen molar-refractivity contribution in [1.29, 1.82) is 0 Å². The van der Waals surface area contributed by atoms with Gasteiger partial charge in [-0.05, 0) is 67.7 Å². The summed E-state index contributed by atoms with van der Waals surface area (Å²) in [6.45, 7) is 1.93. The molecule has 4 aromatic carbocycles. The Kier molecular flexibility index (Phi) is 7.61. The van der Waals surface area contributed by atoms with Gasteiger partial charge in [-0.2, -0.15) is 4.68 Å². The van der Waals surface area contributed by atoms with Gasteiger partial charge in [0.2, 0.25) is 0 Å². The SMILES string of the molecule is Cc1ccc(OC(=O)NC(=S)Nc2ccc(C(=O)Nn3c(-c4ccccc4)nc4ccccc4c3=O)cc2)cc1. The Hall–Kier alpha value is -5.35. The lowest BCUT2D eigenvalue weighted by atomic mass is 10.2. The smallest absolute Gasteiger partial charge is 0.410 e. The number of ether oxygens (including phenoxy) is 1. The Balaban J connectivity index is 1.29. The number of amides is 2. The van der Waals surface area contributed by atoms with Gasteiger partial charge in [0, 0.05) is 16.8 Å². The van der Waals surface area contributed by atoms with Crippen LogP contribution in [0.4, 0.5) is 10.5 Å². The molecule has 0 atom stereocenters. The fraction of sp³-hybridized carbons (Fsp3) is 0.0333. The second kappa shape index (κ2) is 11.6. The lowest BCUT2D eigenvalue weighted by Crippen LogP contribution is -2.36. The molecule has 9 nitrogen and oxygen atoms in total. The Morgan fingerprint density at radius 3 is 2.25 bits per heavy atom. The van der Waals surface area contributed by atoms with Crippen molar-refractivity contribution in [1.82, 2.24) is 15.0 Å². The number of aryl methyl sites for hydroxylation is 1. The molecule has 0 radical (unpaired) electrons. The van der Waals surface area contributed by atoms with Crippen molar-refractivity contribution >= 4 is 45.9 Å². The predicted octanol–water partition coefficient (Wildman–Crippen LogP) is 5.24. The third kappa shape index (κ3) is 6.03. The lowest BCUT2D eigenvalue weighted by molar-refractivity contribution is 0.101. The number of carbonyl (C=O) groups excluding carboxylic acids is 2. The number of hydrogen-bond donors (Lipinski definition) is 3. The molecule has 0 aliphatic carbocycles. The number of hydrogen-bond acceptors (Lipinski definition) is 6. The fourth-order valence-electron chi connectivity index (χ4n) is 3.88. The largest absolute Gasteiger partial charge is 0.418 e. The Bertz CT molecular complexity index is 1770. The molecule has 2 amide bonds. The zero-order chi connectivity index (χ0) is 28.1. The molecule has 0 saturated heterocycles. The van der Waals surface area contributed by atoms with Gasteiger partial charge in [0.25, 0.3) is 11.5 Å². The van der Waals surface area contributed by atoms with Gasteiger partial charge < -0.3 is 10.1 Å². The topological polar surface area (TPSA) is 114 Å². The van der Waals surface area contributed by atoms with E-state index in [1.807, 2.05) is 49.4 Å². The molecule has 0 unspecified atom stereocenters. The van der Waals surface area contributed by atoms with Crippen molar-refractivity contribution in [2.24, 2.45) is 0 Å². The van der Waals surface area contributed by atoms with Crippen LogP contribution in [-0.4, -0.2) is 26.8 Å². The number of carbonyl (C=O) groups is 2. The molecular formula is C30H23N5O4S. The number of para-hydroxylation sites is 1. The van der Waals surface area contributed by atoms with E-state index in [0.29, 0.717) is 39.3 Å². The first-order valence-corrected chi connectivity index (χ1v) is 12.6. The first kappa shape index (κ1) is 26.3. The molecule has 10 heteroatoms. The van der Waals surface area contributed by atoms with Crippen LogP contribution < -0.4 is 26.4 Å². The van der Waals surface area contributed by atoms with E-state index in [9.17, 15) is 14.4 Å². The van der Waals surface area contributed by atoms with E-state index in [0.717, 1.165) is 10.2 Å². The van der Waals surface area contributed by atoms with Crippen molar-refractivity contribution in [3.63, 3.8) is 0 Å². The van der Waals surface area contributed by atoms with E-state index in [4.69, 9.17) is 17.0 Å². The van der Waals surface area contributed by atoms with Crippen LogP contribution in [0, 0.1) is 6.92 Å².